The fourth-order valence-corrected chi connectivity index (χ4v) is 3.70. The minimum atomic E-state index is 0.509. The van der Waals surface area contributed by atoms with E-state index in [0.29, 0.717) is 6.04 Å². The Balaban J connectivity index is 2.10. The van der Waals surface area contributed by atoms with E-state index in [4.69, 9.17) is 11.6 Å². The molecule has 1 aromatic heterocycles. The molecule has 1 aromatic rings. The van der Waals surface area contributed by atoms with Crippen LogP contribution in [0.4, 0.5) is 0 Å². The van der Waals surface area contributed by atoms with Crippen LogP contribution in [0.5, 0.6) is 0 Å². The van der Waals surface area contributed by atoms with E-state index in [1.807, 2.05) is 18.7 Å². The number of aryl methyl sites for hydroxylation is 2. The average Bonchev–Trinajstić information content (AvgIpc) is 2.61. The third-order valence-electron chi connectivity index (χ3n) is 4.59. The molecule has 19 heavy (non-hydrogen) atoms. The van der Waals surface area contributed by atoms with Crippen molar-refractivity contribution in [3.8, 4) is 0 Å². The van der Waals surface area contributed by atoms with Gasteiger partial charge in [0.2, 0.25) is 0 Å². The Morgan fingerprint density at radius 1 is 1.47 bits per heavy atom. The quantitative estimate of drug-likeness (QED) is 0.918. The molecule has 0 saturated heterocycles. The summed E-state index contributed by atoms with van der Waals surface area (Å²) < 4.78 is 1.94. The van der Waals surface area contributed by atoms with Gasteiger partial charge in [-0.15, -0.1) is 0 Å². The third-order valence-corrected chi connectivity index (χ3v) is 5.08. The van der Waals surface area contributed by atoms with Crippen molar-refractivity contribution >= 4 is 11.6 Å². The van der Waals surface area contributed by atoms with Gasteiger partial charge in [-0.3, -0.25) is 4.68 Å². The van der Waals surface area contributed by atoms with Gasteiger partial charge >= 0.3 is 0 Å². The molecule has 1 saturated carbocycles. The largest absolute Gasteiger partial charge is 0.316 e. The molecule has 1 aliphatic rings. The first-order valence-electron chi connectivity index (χ1n) is 7.38. The number of nitrogens with one attached hydrogen (secondary N) is 1. The van der Waals surface area contributed by atoms with Crippen LogP contribution in [0.15, 0.2) is 0 Å². The molecule has 0 bridgehead atoms. The first-order valence-corrected chi connectivity index (χ1v) is 7.76. The molecule has 3 unspecified atom stereocenters. The fourth-order valence-electron chi connectivity index (χ4n) is 3.46. The molecule has 0 radical (unpaired) electrons. The van der Waals surface area contributed by atoms with Gasteiger partial charge in [0.15, 0.2) is 0 Å². The number of halogens is 1. The highest BCUT2D eigenvalue weighted by molar-refractivity contribution is 6.31. The highest BCUT2D eigenvalue weighted by Gasteiger charge is 2.27. The minimum absolute atomic E-state index is 0.509. The summed E-state index contributed by atoms with van der Waals surface area (Å²) >= 11 is 6.37. The number of hydrogen-bond donors (Lipinski definition) is 1. The van der Waals surface area contributed by atoms with Crippen LogP contribution in [0, 0.1) is 18.8 Å². The number of hydrogen-bond acceptors (Lipinski definition) is 2. The summed E-state index contributed by atoms with van der Waals surface area (Å²) in [6.45, 7) is 4.35. The molecule has 0 aliphatic heterocycles. The van der Waals surface area contributed by atoms with Crippen molar-refractivity contribution in [2.75, 3.05) is 7.05 Å². The Morgan fingerprint density at radius 2 is 2.21 bits per heavy atom. The van der Waals surface area contributed by atoms with E-state index in [-0.39, 0.29) is 0 Å². The van der Waals surface area contributed by atoms with E-state index in [0.717, 1.165) is 34.7 Å². The molecule has 0 spiro atoms. The standard InChI is InChI=1S/C15H26ClN3/c1-10-6-5-7-12(8-10)13(17-3)9-14-15(16)11(2)18-19(14)4/h10,12-13,17H,5-9H2,1-4H3. The molecular weight excluding hydrogens is 258 g/mol. The van der Waals surface area contributed by atoms with Crippen molar-refractivity contribution in [1.29, 1.82) is 0 Å². The average molecular weight is 284 g/mol. The lowest BCUT2D eigenvalue weighted by atomic mass is 9.77. The van der Waals surface area contributed by atoms with Crippen LogP contribution >= 0.6 is 11.6 Å². The van der Waals surface area contributed by atoms with Crippen molar-refractivity contribution in [1.82, 2.24) is 15.1 Å². The molecule has 3 nitrogen and oxygen atoms in total. The van der Waals surface area contributed by atoms with Gasteiger partial charge in [-0.2, -0.15) is 5.10 Å². The zero-order valence-electron chi connectivity index (χ0n) is 12.5. The molecule has 1 aliphatic carbocycles. The Kier molecular flexibility index (Phi) is 4.91. The van der Waals surface area contributed by atoms with Crippen LogP contribution in [0.1, 0.15) is 44.0 Å². The molecule has 2 rings (SSSR count). The van der Waals surface area contributed by atoms with Crippen LogP contribution in [-0.4, -0.2) is 22.9 Å². The maximum absolute atomic E-state index is 6.37. The lowest BCUT2D eigenvalue weighted by Gasteiger charge is -2.33. The predicted molar refractivity (Wildman–Crippen MR) is 80.6 cm³/mol. The van der Waals surface area contributed by atoms with Crippen molar-refractivity contribution in [3.05, 3.63) is 16.4 Å². The summed E-state index contributed by atoms with van der Waals surface area (Å²) in [6.07, 6.45) is 6.40. The van der Waals surface area contributed by atoms with Crippen LogP contribution in [0.2, 0.25) is 5.02 Å². The summed E-state index contributed by atoms with van der Waals surface area (Å²) in [7, 11) is 4.06. The second-order valence-electron chi connectivity index (χ2n) is 6.10. The summed E-state index contributed by atoms with van der Waals surface area (Å²) in [4.78, 5) is 0. The second kappa shape index (κ2) is 6.27. The molecule has 3 atom stereocenters. The van der Waals surface area contributed by atoms with Gasteiger partial charge in [-0.25, -0.2) is 0 Å². The van der Waals surface area contributed by atoms with E-state index in [1.54, 1.807) is 0 Å². The van der Waals surface area contributed by atoms with Gasteiger partial charge in [0.1, 0.15) is 0 Å². The van der Waals surface area contributed by atoms with E-state index < -0.39 is 0 Å². The number of likely N-dealkylation sites (N-methyl/N-ethyl adjacent to an activating group) is 1. The van der Waals surface area contributed by atoms with Crippen molar-refractivity contribution in [3.63, 3.8) is 0 Å². The first kappa shape index (κ1) is 14.9. The summed E-state index contributed by atoms with van der Waals surface area (Å²) in [5.74, 6) is 1.62. The Bertz CT molecular complexity index is 427. The fraction of sp³-hybridized carbons (Fsp3) is 0.800. The van der Waals surface area contributed by atoms with Crippen molar-refractivity contribution in [2.45, 2.75) is 52.0 Å². The van der Waals surface area contributed by atoms with Crippen LogP contribution in [0.25, 0.3) is 0 Å². The zero-order chi connectivity index (χ0) is 14.0. The van der Waals surface area contributed by atoms with Crippen LogP contribution < -0.4 is 5.32 Å². The molecular formula is C15H26ClN3. The summed E-state index contributed by atoms with van der Waals surface area (Å²) in [5, 5.41) is 8.76. The Labute approximate surface area is 121 Å². The highest BCUT2D eigenvalue weighted by atomic mass is 35.5. The van der Waals surface area contributed by atoms with Crippen LogP contribution in [0.3, 0.4) is 0 Å². The molecule has 4 heteroatoms. The van der Waals surface area contributed by atoms with E-state index in [9.17, 15) is 0 Å². The van der Waals surface area contributed by atoms with Gasteiger partial charge in [0, 0.05) is 19.5 Å². The SMILES string of the molecule is CNC(Cc1c(Cl)c(C)nn1C)C1CCCC(C)C1. The topological polar surface area (TPSA) is 29.9 Å². The zero-order valence-corrected chi connectivity index (χ0v) is 13.3. The second-order valence-corrected chi connectivity index (χ2v) is 6.48. The number of aromatic nitrogens is 2. The van der Waals surface area contributed by atoms with E-state index in [2.05, 4.69) is 24.4 Å². The van der Waals surface area contributed by atoms with Crippen molar-refractivity contribution < 1.29 is 0 Å². The smallest absolute Gasteiger partial charge is 0.0847 e. The maximum atomic E-state index is 6.37. The number of rotatable bonds is 4. The van der Waals surface area contributed by atoms with Gasteiger partial charge in [-0.1, -0.05) is 31.4 Å². The van der Waals surface area contributed by atoms with E-state index >= 15 is 0 Å². The summed E-state index contributed by atoms with van der Waals surface area (Å²) in [6, 6.07) is 0.509. The van der Waals surface area contributed by atoms with Crippen molar-refractivity contribution in [2.24, 2.45) is 18.9 Å². The molecule has 1 heterocycles. The van der Waals surface area contributed by atoms with Gasteiger partial charge in [0.05, 0.1) is 16.4 Å². The normalized spacial score (nSPS) is 25.5. The van der Waals surface area contributed by atoms with E-state index in [1.165, 1.54) is 25.7 Å². The minimum Gasteiger partial charge on any atom is -0.316 e. The third kappa shape index (κ3) is 3.32. The maximum Gasteiger partial charge on any atom is 0.0847 e. The molecule has 1 N–H and O–H groups in total. The Hall–Kier alpha value is -0.540. The van der Waals surface area contributed by atoms with Crippen LogP contribution in [-0.2, 0) is 13.5 Å². The van der Waals surface area contributed by atoms with Gasteiger partial charge in [0.25, 0.3) is 0 Å². The summed E-state index contributed by atoms with van der Waals surface area (Å²) in [5.41, 5.74) is 2.10. The molecule has 0 aromatic carbocycles. The highest BCUT2D eigenvalue weighted by Crippen LogP contribution is 2.32. The van der Waals surface area contributed by atoms with Gasteiger partial charge < -0.3 is 5.32 Å². The number of nitrogens with zero attached hydrogens (tertiary/aromatic N) is 2. The molecule has 0 amide bonds. The molecule has 108 valence electrons. The lowest BCUT2D eigenvalue weighted by Crippen LogP contribution is -2.38. The van der Waals surface area contributed by atoms with Gasteiger partial charge in [-0.05, 0) is 38.6 Å². The first-order chi connectivity index (χ1) is 9.02. The predicted octanol–water partition coefficient (Wildman–Crippen LogP) is 3.34. The monoisotopic (exact) mass is 283 g/mol. The molecule has 1 fully saturated rings. The lowest BCUT2D eigenvalue weighted by molar-refractivity contribution is 0.226. The Morgan fingerprint density at radius 3 is 2.74 bits per heavy atom.